The van der Waals surface area contributed by atoms with Crippen molar-refractivity contribution in [3.8, 4) is 11.5 Å². The molecule has 0 bridgehead atoms. The SMILES string of the molecule is CCOc1cc(/C=C2\NC(=O)N(c3cccc(Cl)c3)C2=O)c(Br)cc1O. The zero-order chi connectivity index (χ0) is 18.8. The first-order chi connectivity index (χ1) is 12.4. The summed E-state index contributed by atoms with van der Waals surface area (Å²) >= 11 is 9.27. The van der Waals surface area contributed by atoms with Crippen molar-refractivity contribution in [3.63, 3.8) is 0 Å². The molecule has 8 heteroatoms. The molecule has 0 unspecified atom stereocenters. The minimum atomic E-state index is -0.566. The fourth-order valence-electron chi connectivity index (χ4n) is 2.48. The van der Waals surface area contributed by atoms with Crippen LogP contribution in [0.4, 0.5) is 10.5 Å². The molecule has 1 aliphatic rings. The van der Waals surface area contributed by atoms with Crippen molar-refractivity contribution in [1.82, 2.24) is 5.32 Å². The number of benzene rings is 2. The summed E-state index contributed by atoms with van der Waals surface area (Å²) in [5, 5.41) is 12.8. The van der Waals surface area contributed by atoms with Crippen LogP contribution in [0, 0.1) is 0 Å². The molecule has 0 saturated carbocycles. The number of urea groups is 1. The van der Waals surface area contributed by atoms with Gasteiger partial charge in [-0.2, -0.15) is 0 Å². The highest BCUT2D eigenvalue weighted by atomic mass is 79.9. The maximum atomic E-state index is 12.7. The van der Waals surface area contributed by atoms with Gasteiger partial charge in [0, 0.05) is 9.50 Å². The van der Waals surface area contributed by atoms with Crippen LogP contribution in [0.3, 0.4) is 0 Å². The van der Waals surface area contributed by atoms with E-state index in [-0.39, 0.29) is 17.2 Å². The molecular weight excluding hydrogens is 424 g/mol. The smallest absolute Gasteiger partial charge is 0.333 e. The van der Waals surface area contributed by atoms with E-state index in [0.29, 0.717) is 27.4 Å². The molecule has 1 aliphatic heterocycles. The highest BCUT2D eigenvalue weighted by molar-refractivity contribution is 9.10. The molecule has 3 rings (SSSR count). The maximum Gasteiger partial charge on any atom is 0.333 e. The number of nitrogens with one attached hydrogen (secondary N) is 1. The lowest BCUT2D eigenvalue weighted by molar-refractivity contribution is -0.113. The summed E-state index contributed by atoms with van der Waals surface area (Å²) in [5.41, 5.74) is 1.05. The summed E-state index contributed by atoms with van der Waals surface area (Å²) < 4.78 is 5.90. The Morgan fingerprint density at radius 1 is 1.31 bits per heavy atom. The molecule has 6 nitrogen and oxygen atoms in total. The van der Waals surface area contributed by atoms with Crippen LogP contribution in [0.2, 0.25) is 5.02 Å². The van der Waals surface area contributed by atoms with Crippen LogP contribution in [0.5, 0.6) is 11.5 Å². The average Bonchev–Trinajstić information content (AvgIpc) is 2.86. The predicted octanol–water partition coefficient (Wildman–Crippen LogP) is 4.30. The number of nitrogens with zero attached hydrogens (tertiary/aromatic N) is 1. The third kappa shape index (κ3) is 3.54. The van der Waals surface area contributed by atoms with Crippen LogP contribution in [-0.2, 0) is 4.79 Å². The Kier molecular flexibility index (Phi) is 5.20. The van der Waals surface area contributed by atoms with Crippen LogP contribution in [0.25, 0.3) is 6.08 Å². The van der Waals surface area contributed by atoms with Gasteiger partial charge in [-0.1, -0.05) is 33.6 Å². The summed E-state index contributed by atoms with van der Waals surface area (Å²) in [7, 11) is 0. The standard InChI is InChI=1S/C18H14BrClN2O4/c1-2-26-16-7-10(13(19)9-15(16)23)6-14-17(24)22(18(25)21-14)12-5-3-4-11(20)8-12/h3-9,23H,2H2,1H3,(H,21,25)/b14-6-. The Hall–Kier alpha value is -2.51. The number of ether oxygens (including phenoxy) is 1. The third-order valence-electron chi connectivity index (χ3n) is 3.62. The Labute approximate surface area is 163 Å². The normalized spacial score (nSPS) is 15.5. The third-order valence-corrected chi connectivity index (χ3v) is 4.54. The highest BCUT2D eigenvalue weighted by Crippen LogP contribution is 2.34. The zero-order valence-electron chi connectivity index (χ0n) is 13.6. The summed E-state index contributed by atoms with van der Waals surface area (Å²) in [6, 6.07) is 8.95. The zero-order valence-corrected chi connectivity index (χ0v) is 16.0. The van der Waals surface area contributed by atoms with Gasteiger partial charge < -0.3 is 15.2 Å². The van der Waals surface area contributed by atoms with E-state index in [4.69, 9.17) is 16.3 Å². The van der Waals surface area contributed by atoms with E-state index in [2.05, 4.69) is 21.2 Å². The predicted molar refractivity (Wildman–Crippen MR) is 102 cm³/mol. The number of hydrogen-bond acceptors (Lipinski definition) is 4. The molecule has 1 fully saturated rings. The number of halogens is 2. The number of carbonyl (C=O) groups is 2. The topological polar surface area (TPSA) is 78.9 Å². The summed E-state index contributed by atoms with van der Waals surface area (Å²) in [6.45, 7) is 2.17. The molecule has 1 saturated heterocycles. The van der Waals surface area contributed by atoms with Crippen molar-refractivity contribution in [2.24, 2.45) is 0 Å². The average molecular weight is 438 g/mol. The van der Waals surface area contributed by atoms with Gasteiger partial charge in [0.15, 0.2) is 11.5 Å². The van der Waals surface area contributed by atoms with E-state index in [1.807, 2.05) is 0 Å². The second kappa shape index (κ2) is 7.39. The molecule has 1 heterocycles. The monoisotopic (exact) mass is 436 g/mol. The van der Waals surface area contributed by atoms with Crippen LogP contribution in [-0.4, -0.2) is 23.7 Å². The molecule has 2 aromatic rings. The first-order valence-corrected chi connectivity index (χ1v) is 8.85. The number of carbonyl (C=O) groups excluding carboxylic acids is 2. The van der Waals surface area contributed by atoms with Crippen molar-refractivity contribution < 1.29 is 19.4 Å². The second-order valence-electron chi connectivity index (χ2n) is 5.38. The number of aromatic hydroxyl groups is 1. The molecule has 0 radical (unpaired) electrons. The lowest BCUT2D eigenvalue weighted by atomic mass is 10.1. The van der Waals surface area contributed by atoms with Crippen LogP contribution >= 0.6 is 27.5 Å². The molecule has 2 aromatic carbocycles. The number of anilines is 1. The fraction of sp³-hybridized carbons (Fsp3) is 0.111. The van der Waals surface area contributed by atoms with Crippen LogP contribution in [0.1, 0.15) is 12.5 Å². The van der Waals surface area contributed by atoms with Crippen molar-refractivity contribution in [3.05, 3.63) is 57.2 Å². The number of phenols is 1. The maximum absolute atomic E-state index is 12.7. The molecular formula is C18H14BrClN2O4. The van der Waals surface area contributed by atoms with E-state index in [9.17, 15) is 14.7 Å². The Balaban J connectivity index is 1.97. The van der Waals surface area contributed by atoms with Crippen molar-refractivity contribution in [2.45, 2.75) is 6.92 Å². The molecule has 134 valence electrons. The quantitative estimate of drug-likeness (QED) is 0.552. The second-order valence-corrected chi connectivity index (χ2v) is 6.67. The van der Waals surface area contributed by atoms with Gasteiger partial charge in [-0.05, 0) is 48.9 Å². The Morgan fingerprint density at radius 2 is 2.08 bits per heavy atom. The molecule has 0 spiro atoms. The van der Waals surface area contributed by atoms with Crippen molar-refractivity contribution >= 4 is 51.2 Å². The van der Waals surface area contributed by atoms with E-state index >= 15 is 0 Å². The van der Waals surface area contributed by atoms with Crippen LogP contribution in [0.15, 0.2) is 46.6 Å². The number of rotatable bonds is 4. The van der Waals surface area contributed by atoms with Gasteiger partial charge in [-0.15, -0.1) is 0 Å². The minimum Gasteiger partial charge on any atom is -0.504 e. The summed E-state index contributed by atoms with van der Waals surface area (Å²) in [4.78, 5) is 25.9. The van der Waals surface area contributed by atoms with Gasteiger partial charge >= 0.3 is 6.03 Å². The molecule has 0 aliphatic carbocycles. The first-order valence-electron chi connectivity index (χ1n) is 7.68. The highest BCUT2D eigenvalue weighted by Gasteiger charge is 2.35. The largest absolute Gasteiger partial charge is 0.504 e. The van der Waals surface area contributed by atoms with Gasteiger partial charge in [0.1, 0.15) is 5.70 Å². The number of amides is 3. The molecule has 3 amide bonds. The van der Waals surface area contributed by atoms with E-state index in [1.165, 1.54) is 18.2 Å². The van der Waals surface area contributed by atoms with Gasteiger partial charge in [0.2, 0.25) is 0 Å². The fourth-order valence-corrected chi connectivity index (χ4v) is 3.11. The van der Waals surface area contributed by atoms with Crippen LogP contribution < -0.4 is 15.0 Å². The van der Waals surface area contributed by atoms with Gasteiger partial charge in [-0.3, -0.25) is 4.79 Å². The first kappa shape index (κ1) is 18.3. The van der Waals surface area contributed by atoms with E-state index in [0.717, 1.165) is 4.90 Å². The number of phenolic OH excluding ortho intramolecular Hbond substituents is 1. The number of hydrogen-bond donors (Lipinski definition) is 2. The van der Waals surface area contributed by atoms with E-state index in [1.54, 1.807) is 31.2 Å². The summed E-state index contributed by atoms with van der Waals surface area (Å²) in [6.07, 6.45) is 1.51. The lowest BCUT2D eigenvalue weighted by Crippen LogP contribution is -2.30. The van der Waals surface area contributed by atoms with Gasteiger partial charge in [-0.25, -0.2) is 9.69 Å². The molecule has 0 aromatic heterocycles. The van der Waals surface area contributed by atoms with Gasteiger partial charge in [0.05, 0.1) is 12.3 Å². The van der Waals surface area contributed by atoms with Crippen molar-refractivity contribution in [2.75, 3.05) is 11.5 Å². The summed E-state index contributed by atoms with van der Waals surface area (Å²) in [5.74, 6) is -0.246. The lowest BCUT2D eigenvalue weighted by Gasteiger charge is -2.11. The number of imide groups is 1. The molecule has 2 N–H and O–H groups in total. The van der Waals surface area contributed by atoms with Gasteiger partial charge in [0.25, 0.3) is 5.91 Å². The Morgan fingerprint density at radius 3 is 2.77 bits per heavy atom. The minimum absolute atomic E-state index is 0.0248. The Bertz CT molecular complexity index is 929. The van der Waals surface area contributed by atoms with E-state index < -0.39 is 11.9 Å². The molecule has 0 atom stereocenters. The van der Waals surface area contributed by atoms with Crippen molar-refractivity contribution in [1.29, 1.82) is 0 Å². The molecule has 26 heavy (non-hydrogen) atoms.